The third kappa shape index (κ3) is 5.38. The Bertz CT molecular complexity index is 837. The molecule has 0 radical (unpaired) electrons. The highest BCUT2D eigenvalue weighted by molar-refractivity contribution is 7.99. The third-order valence-electron chi connectivity index (χ3n) is 2.89. The number of esters is 1. The fourth-order valence-corrected chi connectivity index (χ4v) is 2.48. The van der Waals surface area contributed by atoms with Crippen LogP contribution in [0.4, 0.5) is 14.5 Å². The van der Waals surface area contributed by atoms with E-state index in [1.54, 1.807) is 0 Å². The molecule has 0 bridgehead atoms. The molecule has 1 amide bonds. The summed E-state index contributed by atoms with van der Waals surface area (Å²) in [7, 11) is 1.21. The van der Waals surface area contributed by atoms with Gasteiger partial charge >= 0.3 is 5.97 Å². The maximum absolute atomic E-state index is 13.5. The Kier molecular flexibility index (Phi) is 6.23. The third-order valence-corrected chi connectivity index (χ3v) is 3.77. The first-order valence-electron chi connectivity index (χ1n) is 6.92. The van der Waals surface area contributed by atoms with E-state index < -0.39 is 34.8 Å². The minimum absolute atomic E-state index is 0.0931. The van der Waals surface area contributed by atoms with E-state index in [1.807, 2.05) is 0 Å². The number of H-pyrrole nitrogens is 1. The van der Waals surface area contributed by atoms with Crippen LogP contribution in [0.1, 0.15) is 5.69 Å². The number of hydrogen-bond acceptors (Lipinski definition) is 6. The van der Waals surface area contributed by atoms with Crippen LogP contribution >= 0.6 is 11.8 Å². The number of para-hydroxylation sites is 1. The molecule has 2 aromatic rings. The number of thioether (sulfide) groups is 1. The smallest absolute Gasteiger partial charge is 0.311 e. The number of amides is 1. The number of aromatic nitrogens is 2. The lowest BCUT2D eigenvalue weighted by Crippen LogP contribution is -2.18. The normalized spacial score (nSPS) is 10.4. The Morgan fingerprint density at radius 2 is 2.00 bits per heavy atom. The molecule has 0 unspecified atom stereocenters. The molecule has 10 heteroatoms. The van der Waals surface area contributed by atoms with Crippen molar-refractivity contribution in [3.63, 3.8) is 0 Å². The van der Waals surface area contributed by atoms with E-state index in [1.165, 1.54) is 13.2 Å². The zero-order chi connectivity index (χ0) is 18.4. The van der Waals surface area contributed by atoms with Crippen LogP contribution in [0, 0.1) is 11.6 Å². The van der Waals surface area contributed by atoms with Gasteiger partial charge in [-0.1, -0.05) is 17.8 Å². The summed E-state index contributed by atoms with van der Waals surface area (Å²) in [4.78, 5) is 41.0. The second kappa shape index (κ2) is 8.38. The summed E-state index contributed by atoms with van der Waals surface area (Å²) in [5.74, 6) is -3.30. The summed E-state index contributed by atoms with van der Waals surface area (Å²) in [6.45, 7) is 0. The lowest BCUT2D eigenvalue weighted by molar-refractivity contribution is -0.139. The number of halogens is 2. The molecule has 132 valence electrons. The largest absolute Gasteiger partial charge is 0.469 e. The molecule has 0 saturated carbocycles. The molecular formula is C15H13F2N3O4S. The Morgan fingerprint density at radius 3 is 2.64 bits per heavy atom. The Hall–Kier alpha value is -2.75. The topological polar surface area (TPSA) is 101 Å². The highest BCUT2D eigenvalue weighted by Crippen LogP contribution is 2.19. The van der Waals surface area contributed by atoms with Crippen LogP contribution < -0.4 is 10.9 Å². The maximum Gasteiger partial charge on any atom is 0.311 e. The zero-order valence-corrected chi connectivity index (χ0v) is 13.8. The highest BCUT2D eigenvalue weighted by atomic mass is 32.2. The predicted molar refractivity (Wildman–Crippen MR) is 86.3 cm³/mol. The first-order valence-corrected chi connectivity index (χ1v) is 7.91. The second-order valence-electron chi connectivity index (χ2n) is 4.73. The predicted octanol–water partition coefficient (Wildman–Crippen LogP) is 1.49. The fourth-order valence-electron chi connectivity index (χ4n) is 1.79. The van der Waals surface area contributed by atoms with Gasteiger partial charge < -0.3 is 15.0 Å². The number of rotatable bonds is 6. The summed E-state index contributed by atoms with van der Waals surface area (Å²) in [5.41, 5.74) is -0.871. The van der Waals surface area contributed by atoms with Crippen LogP contribution in [0.3, 0.4) is 0 Å². The van der Waals surface area contributed by atoms with Crippen molar-refractivity contribution in [1.82, 2.24) is 9.97 Å². The number of ether oxygens (including phenoxy) is 1. The van der Waals surface area contributed by atoms with Gasteiger partial charge in [0.15, 0.2) is 5.16 Å². The van der Waals surface area contributed by atoms with Crippen LogP contribution in [0.5, 0.6) is 0 Å². The molecule has 0 atom stereocenters. The van der Waals surface area contributed by atoms with Gasteiger partial charge in [0.2, 0.25) is 5.91 Å². The molecule has 0 saturated heterocycles. The average molecular weight is 369 g/mol. The van der Waals surface area contributed by atoms with E-state index in [4.69, 9.17) is 0 Å². The molecule has 1 aromatic heterocycles. The number of anilines is 1. The number of nitrogens with zero attached hydrogens (tertiary/aromatic N) is 1. The van der Waals surface area contributed by atoms with Gasteiger partial charge in [-0.2, -0.15) is 0 Å². The first kappa shape index (κ1) is 18.6. The van der Waals surface area contributed by atoms with Crippen LogP contribution in [-0.4, -0.2) is 34.7 Å². The van der Waals surface area contributed by atoms with E-state index in [0.29, 0.717) is 0 Å². The molecule has 0 aliphatic carbocycles. The molecule has 0 fully saturated rings. The van der Waals surface area contributed by atoms with Crippen molar-refractivity contribution in [2.24, 2.45) is 0 Å². The molecule has 2 N–H and O–H groups in total. The zero-order valence-electron chi connectivity index (χ0n) is 13.0. The van der Waals surface area contributed by atoms with Gasteiger partial charge in [-0.15, -0.1) is 0 Å². The quantitative estimate of drug-likeness (QED) is 0.455. The molecule has 1 heterocycles. The van der Waals surface area contributed by atoms with Crippen molar-refractivity contribution >= 4 is 29.3 Å². The van der Waals surface area contributed by atoms with Crippen molar-refractivity contribution in [2.45, 2.75) is 11.6 Å². The van der Waals surface area contributed by atoms with E-state index >= 15 is 0 Å². The number of benzene rings is 1. The van der Waals surface area contributed by atoms with Gasteiger partial charge in [0, 0.05) is 6.07 Å². The summed E-state index contributed by atoms with van der Waals surface area (Å²) >= 11 is 0.847. The summed E-state index contributed by atoms with van der Waals surface area (Å²) < 4.78 is 31.4. The summed E-state index contributed by atoms with van der Waals surface area (Å²) in [6.07, 6.45) is -0.194. The Morgan fingerprint density at radius 1 is 1.32 bits per heavy atom. The molecule has 2 rings (SSSR count). The van der Waals surface area contributed by atoms with Gasteiger partial charge in [0.05, 0.1) is 25.0 Å². The minimum atomic E-state index is -0.898. The van der Waals surface area contributed by atoms with Crippen LogP contribution in [0.15, 0.2) is 34.2 Å². The van der Waals surface area contributed by atoms with Gasteiger partial charge in [0.1, 0.15) is 17.3 Å². The molecule has 0 spiro atoms. The van der Waals surface area contributed by atoms with Crippen molar-refractivity contribution < 1.29 is 23.1 Å². The SMILES string of the molecule is COC(=O)Cc1cc(=O)[nH]c(SCC(=O)Nc2c(F)cccc2F)n1. The lowest BCUT2D eigenvalue weighted by Gasteiger charge is -2.07. The van der Waals surface area contributed by atoms with Gasteiger partial charge in [-0.3, -0.25) is 14.4 Å². The second-order valence-corrected chi connectivity index (χ2v) is 5.69. The molecule has 0 aliphatic heterocycles. The number of carbonyl (C=O) groups is 2. The van der Waals surface area contributed by atoms with Gasteiger partial charge in [-0.05, 0) is 12.1 Å². The van der Waals surface area contributed by atoms with Crippen LogP contribution in [-0.2, 0) is 20.7 Å². The van der Waals surface area contributed by atoms with Gasteiger partial charge in [0.25, 0.3) is 5.56 Å². The number of carbonyl (C=O) groups excluding carboxylic acids is 2. The highest BCUT2D eigenvalue weighted by Gasteiger charge is 2.13. The van der Waals surface area contributed by atoms with Crippen molar-refractivity contribution in [3.05, 3.63) is 51.9 Å². The Labute approximate surface area is 144 Å². The van der Waals surface area contributed by atoms with Crippen LogP contribution in [0.25, 0.3) is 0 Å². The molecule has 7 nitrogen and oxygen atoms in total. The number of hydrogen-bond donors (Lipinski definition) is 2. The number of aromatic amines is 1. The molecule has 25 heavy (non-hydrogen) atoms. The van der Waals surface area contributed by atoms with Crippen LogP contribution in [0.2, 0.25) is 0 Å². The number of nitrogens with one attached hydrogen (secondary N) is 2. The number of methoxy groups -OCH3 is 1. The van der Waals surface area contributed by atoms with Crippen molar-refractivity contribution in [2.75, 3.05) is 18.2 Å². The summed E-state index contributed by atoms with van der Waals surface area (Å²) in [6, 6.07) is 4.34. The maximum atomic E-state index is 13.5. The van der Waals surface area contributed by atoms with E-state index in [0.717, 1.165) is 30.0 Å². The summed E-state index contributed by atoms with van der Waals surface area (Å²) in [5, 5.41) is 2.21. The van der Waals surface area contributed by atoms with Gasteiger partial charge in [-0.25, -0.2) is 13.8 Å². The van der Waals surface area contributed by atoms with E-state index in [-0.39, 0.29) is 23.0 Å². The van der Waals surface area contributed by atoms with E-state index in [2.05, 4.69) is 20.0 Å². The standard InChI is InChI=1S/C15H13F2N3O4S/c1-24-13(23)6-8-5-11(21)20-15(18-8)25-7-12(22)19-14-9(16)3-2-4-10(14)17/h2-5H,6-7H2,1H3,(H,19,22)(H,18,20,21). The minimum Gasteiger partial charge on any atom is -0.469 e. The fraction of sp³-hybridized carbons (Fsp3) is 0.200. The van der Waals surface area contributed by atoms with Crippen molar-refractivity contribution in [3.8, 4) is 0 Å². The van der Waals surface area contributed by atoms with E-state index in [9.17, 15) is 23.2 Å². The lowest BCUT2D eigenvalue weighted by atomic mass is 10.3. The first-order chi connectivity index (χ1) is 11.9. The molecule has 0 aliphatic rings. The molecular weight excluding hydrogens is 356 g/mol. The monoisotopic (exact) mass is 369 g/mol. The Balaban J connectivity index is 2.02. The molecule has 1 aromatic carbocycles. The van der Waals surface area contributed by atoms with Crippen molar-refractivity contribution in [1.29, 1.82) is 0 Å². The average Bonchev–Trinajstić information content (AvgIpc) is 2.56.